The fourth-order valence-electron chi connectivity index (χ4n) is 2.52. The second-order valence-corrected chi connectivity index (χ2v) is 5.34. The molecule has 0 amide bonds. The van der Waals surface area contributed by atoms with E-state index < -0.39 is 5.60 Å². The van der Waals surface area contributed by atoms with Crippen LogP contribution in [-0.2, 0) is 6.54 Å². The molecule has 6 heteroatoms. The van der Waals surface area contributed by atoms with Gasteiger partial charge in [0.1, 0.15) is 0 Å². The molecule has 6 nitrogen and oxygen atoms in total. The summed E-state index contributed by atoms with van der Waals surface area (Å²) in [5, 5.41) is 16.6. The van der Waals surface area contributed by atoms with Gasteiger partial charge in [0.2, 0.25) is 5.95 Å². The van der Waals surface area contributed by atoms with E-state index in [-0.39, 0.29) is 0 Å². The second-order valence-electron chi connectivity index (χ2n) is 5.34. The summed E-state index contributed by atoms with van der Waals surface area (Å²) in [5.41, 5.74) is 0.438. The molecule has 1 saturated heterocycles. The lowest BCUT2D eigenvalue weighted by Crippen LogP contribution is -2.52. The Bertz CT molecular complexity index is 389. The SMILES string of the molecule is CNc1ncc(CN(C)C[C@]2(O)CCCNC2)cn1. The van der Waals surface area contributed by atoms with Crippen molar-refractivity contribution >= 4 is 5.95 Å². The molecule has 3 N–H and O–H groups in total. The fourth-order valence-corrected chi connectivity index (χ4v) is 2.52. The Balaban J connectivity index is 1.87. The summed E-state index contributed by atoms with van der Waals surface area (Å²) < 4.78 is 0. The molecular weight excluding hydrogens is 242 g/mol. The predicted molar refractivity (Wildman–Crippen MR) is 75.0 cm³/mol. The Morgan fingerprint density at radius 2 is 2.21 bits per heavy atom. The zero-order valence-electron chi connectivity index (χ0n) is 11.7. The molecule has 19 heavy (non-hydrogen) atoms. The number of aromatic nitrogens is 2. The third-order valence-electron chi connectivity index (χ3n) is 3.40. The van der Waals surface area contributed by atoms with Gasteiger partial charge in [-0.2, -0.15) is 0 Å². The highest BCUT2D eigenvalue weighted by Gasteiger charge is 2.30. The normalized spacial score (nSPS) is 23.6. The Labute approximate surface area is 114 Å². The topological polar surface area (TPSA) is 73.3 Å². The molecular formula is C13H23N5O. The fraction of sp³-hybridized carbons (Fsp3) is 0.692. The van der Waals surface area contributed by atoms with Gasteiger partial charge in [0, 0.05) is 44.6 Å². The monoisotopic (exact) mass is 265 g/mol. The Kier molecular flexibility index (Phi) is 4.68. The molecule has 2 heterocycles. The maximum absolute atomic E-state index is 10.5. The smallest absolute Gasteiger partial charge is 0.222 e. The van der Waals surface area contributed by atoms with Crippen LogP contribution in [0.1, 0.15) is 18.4 Å². The van der Waals surface area contributed by atoms with Gasteiger partial charge in [0.15, 0.2) is 0 Å². The quantitative estimate of drug-likeness (QED) is 0.699. The highest BCUT2D eigenvalue weighted by molar-refractivity contribution is 5.23. The van der Waals surface area contributed by atoms with E-state index in [1.807, 2.05) is 19.4 Å². The van der Waals surface area contributed by atoms with Crippen LogP contribution < -0.4 is 10.6 Å². The summed E-state index contributed by atoms with van der Waals surface area (Å²) in [6.07, 6.45) is 5.53. The van der Waals surface area contributed by atoms with Crippen LogP contribution in [0, 0.1) is 0 Å². The van der Waals surface area contributed by atoms with Gasteiger partial charge in [0.05, 0.1) is 5.60 Å². The van der Waals surface area contributed by atoms with Crippen molar-refractivity contribution in [1.82, 2.24) is 20.2 Å². The van der Waals surface area contributed by atoms with Gasteiger partial charge in [-0.3, -0.25) is 4.90 Å². The minimum Gasteiger partial charge on any atom is -0.387 e. The van der Waals surface area contributed by atoms with E-state index in [2.05, 4.69) is 25.5 Å². The van der Waals surface area contributed by atoms with Crippen molar-refractivity contribution in [2.75, 3.05) is 39.0 Å². The lowest BCUT2D eigenvalue weighted by molar-refractivity contribution is -0.0112. The molecule has 0 unspecified atom stereocenters. The Hall–Kier alpha value is -1.24. The summed E-state index contributed by atoms with van der Waals surface area (Å²) in [6, 6.07) is 0. The van der Waals surface area contributed by atoms with Crippen molar-refractivity contribution in [3.05, 3.63) is 18.0 Å². The zero-order valence-corrected chi connectivity index (χ0v) is 11.7. The van der Waals surface area contributed by atoms with E-state index in [0.29, 0.717) is 19.0 Å². The third-order valence-corrected chi connectivity index (χ3v) is 3.40. The number of nitrogens with zero attached hydrogens (tertiary/aromatic N) is 3. The first kappa shape index (κ1) is 14.2. The highest BCUT2D eigenvalue weighted by atomic mass is 16.3. The van der Waals surface area contributed by atoms with Crippen LogP contribution in [0.25, 0.3) is 0 Å². The number of nitrogens with one attached hydrogen (secondary N) is 2. The number of piperidine rings is 1. The van der Waals surface area contributed by atoms with Gasteiger partial charge in [-0.05, 0) is 26.4 Å². The molecule has 2 rings (SSSR count). The van der Waals surface area contributed by atoms with Crippen LogP contribution in [0.5, 0.6) is 0 Å². The number of anilines is 1. The summed E-state index contributed by atoms with van der Waals surface area (Å²) in [6.45, 7) is 3.08. The molecule has 0 aliphatic carbocycles. The highest BCUT2D eigenvalue weighted by Crippen LogP contribution is 2.17. The minimum atomic E-state index is -0.612. The number of rotatable bonds is 5. The maximum Gasteiger partial charge on any atom is 0.222 e. The second kappa shape index (κ2) is 6.27. The minimum absolute atomic E-state index is 0.612. The van der Waals surface area contributed by atoms with E-state index in [0.717, 1.165) is 31.5 Å². The largest absolute Gasteiger partial charge is 0.387 e. The van der Waals surface area contributed by atoms with Crippen LogP contribution in [0.4, 0.5) is 5.95 Å². The summed E-state index contributed by atoms with van der Waals surface area (Å²) in [4.78, 5) is 10.5. The van der Waals surface area contributed by atoms with Gasteiger partial charge >= 0.3 is 0 Å². The molecule has 0 saturated carbocycles. The van der Waals surface area contributed by atoms with Crippen molar-refractivity contribution in [2.45, 2.75) is 25.0 Å². The maximum atomic E-state index is 10.5. The number of hydrogen-bond donors (Lipinski definition) is 3. The molecule has 0 bridgehead atoms. The molecule has 0 radical (unpaired) electrons. The van der Waals surface area contributed by atoms with Crippen LogP contribution in [0.15, 0.2) is 12.4 Å². The summed E-state index contributed by atoms with van der Waals surface area (Å²) >= 11 is 0. The van der Waals surface area contributed by atoms with Gasteiger partial charge in [-0.15, -0.1) is 0 Å². The van der Waals surface area contributed by atoms with E-state index in [4.69, 9.17) is 0 Å². The van der Waals surface area contributed by atoms with Crippen LogP contribution in [0.3, 0.4) is 0 Å². The molecule has 0 aromatic carbocycles. The lowest BCUT2D eigenvalue weighted by atomic mass is 9.93. The predicted octanol–water partition coefficient (Wildman–Crippen LogP) is 0.0646. The molecule has 1 aromatic heterocycles. The van der Waals surface area contributed by atoms with E-state index in [9.17, 15) is 5.11 Å². The number of aliphatic hydroxyl groups is 1. The van der Waals surface area contributed by atoms with Gasteiger partial charge in [-0.1, -0.05) is 0 Å². The average molecular weight is 265 g/mol. The summed E-state index contributed by atoms with van der Waals surface area (Å²) in [7, 11) is 3.81. The lowest BCUT2D eigenvalue weighted by Gasteiger charge is -2.35. The third kappa shape index (κ3) is 4.12. The van der Waals surface area contributed by atoms with E-state index in [1.165, 1.54) is 0 Å². The van der Waals surface area contributed by atoms with Crippen molar-refractivity contribution < 1.29 is 5.11 Å². The average Bonchev–Trinajstić information content (AvgIpc) is 2.39. The van der Waals surface area contributed by atoms with Gasteiger partial charge in [-0.25, -0.2) is 9.97 Å². The van der Waals surface area contributed by atoms with Crippen molar-refractivity contribution in [3.63, 3.8) is 0 Å². The molecule has 1 aliphatic rings. The van der Waals surface area contributed by atoms with Gasteiger partial charge < -0.3 is 15.7 Å². The number of β-amino-alcohol motifs (C(OH)–C–C–N with tert-alkyl or cyclic N) is 1. The van der Waals surface area contributed by atoms with E-state index in [1.54, 1.807) is 7.05 Å². The molecule has 1 aromatic rings. The van der Waals surface area contributed by atoms with Gasteiger partial charge in [0.25, 0.3) is 0 Å². The van der Waals surface area contributed by atoms with E-state index >= 15 is 0 Å². The van der Waals surface area contributed by atoms with Crippen LogP contribution >= 0.6 is 0 Å². The molecule has 0 spiro atoms. The van der Waals surface area contributed by atoms with Crippen molar-refractivity contribution in [2.24, 2.45) is 0 Å². The zero-order chi connectivity index (χ0) is 13.7. The molecule has 106 valence electrons. The molecule has 1 aliphatic heterocycles. The first-order valence-corrected chi connectivity index (χ1v) is 6.72. The van der Waals surface area contributed by atoms with Crippen molar-refractivity contribution in [1.29, 1.82) is 0 Å². The first-order chi connectivity index (χ1) is 9.11. The Morgan fingerprint density at radius 3 is 2.79 bits per heavy atom. The Morgan fingerprint density at radius 1 is 1.47 bits per heavy atom. The summed E-state index contributed by atoms with van der Waals surface area (Å²) in [5.74, 6) is 0.626. The van der Waals surface area contributed by atoms with Crippen LogP contribution in [0.2, 0.25) is 0 Å². The standard InChI is InChI=1S/C13H23N5O/c1-14-12-16-6-11(7-17-12)8-18(2)10-13(19)4-3-5-15-9-13/h6-7,15,19H,3-5,8-10H2,1-2H3,(H,14,16,17)/t13-/m0/s1. The van der Waals surface area contributed by atoms with Crippen LogP contribution in [-0.4, -0.2) is 59.3 Å². The molecule has 1 atom stereocenters. The number of hydrogen-bond acceptors (Lipinski definition) is 6. The first-order valence-electron chi connectivity index (χ1n) is 6.72. The number of likely N-dealkylation sites (N-methyl/N-ethyl adjacent to an activating group) is 1. The van der Waals surface area contributed by atoms with Crippen molar-refractivity contribution in [3.8, 4) is 0 Å². The molecule has 1 fully saturated rings.